The minimum absolute atomic E-state index is 0.480. The maximum Gasteiger partial charge on any atom is 0.152 e. The SMILES string of the molecule is C=C(N)c1ccc(NCC(C(C)C)C(C)C)nc1NC1=CC=C2CC(=C1)C(N(C)C)=NN2C. The molecule has 1 aliphatic carbocycles. The van der Waals surface area contributed by atoms with E-state index in [0.717, 1.165) is 47.1 Å². The zero-order valence-corrected chi connectivity index (χ0v) is 21.1. The van der Waals surface area contributed by atoms with Crippen molar-refractivity contribution in [3.8, 4) is 0 Å². The van der Waals surface area contributed by atoms with Crippen LogP contribution in [0.15, 0.2) is 59.0 Å². The molecule has 3 rings (SSSR count). The topological polar surface area (TPSA) is 81.8 Å². The van der Waals surface area contributed by atoms with E-state index < -0.39 is 0 Å². The number of nitrogens with zero attached hydrogens (tertiary/aromatic N) is 4. The predicted octanol–water partition coefficient (Wildman–Crippen LogP) is 4.68. The van der Waals surface area contributed by atoms with Crippen molar-refractivity contribution in [2.75, 3.05) is 38.3 Å². The number of anilines is 2. The van der Waals surface area contributed by atoms with E-state index in [1.54, 1.807) is 0 Å². The largest absolute Gasteiger partial charge is 0.399 e. The number of pyridine rings is 1. The maximum atomic E-state index is 6.09. The Hall–Kier alpha value is -3.22. The molecule has 0 fully saturated rings. The Balaban J connectivity index is 1.89. The Kier molecular flexibility index (Phi) is 7.51. The zero-order chi connectivity index (χ0) is 24.3. The Labute approximate surface area is 198 Å². The number of nitrogens with two attached hydrogens (primary N) is 1. The van der Waals surface area contributed by atoms with Crippen LogP contribution in [0.25, 0.3) is 5.70 Å². The lowest BCUT2D eigenvalue weighted by atomic mass is 9.85. The van der Waals surface area contributed by atoms with E-state index in [1.807, 2.05) is 43.2 Å². The standard InChI is InChI=1S/C26H39N7/c1-16(2)23(17(3)4)15-28-24-12-11-22(18(5)27)25(30-24)29-20-9-10-21-14-19(13-20)26(32(6)7)31-33(21)8/h9-13,16-17,23H,5,14-15,27H2,1-4,6-8H3,(H2,28,29,30). The van der Waals surface area contributed by atoms with Crippen molar-refractivity contribution in [3.63, 3.8) is 0 Å². The highest BCUT2D eigenvalue weighted by molar-refractivity contribution is 5.99. The fourth-order valence-electron chi connectivity index (χ4n) is 4.33. The van der Waals surface area contributed by atoms with E-state index in [2.05, 4.69) is 63.1 Å². The number of allylic oxidation sites excluding steroid dienone is 4. The Morgan fingerprint density at radius 1 is 1.18 bits per heavy atom. The molecule has 178 valence electrons. The number of nitrogens with one attached hydrogen (secondary N) is 2. The number of hydrazone groups is 1. The third kappa shape index (κ3) is 5.78. The van der Waals surface area contributed by atoms with Gasteiger partial charge in [-0.25, -0.2) is 4.98 Å². The molecule has 0 saturated carbocycles. The monoisotopic (exact) mass is 449 g/mol. The van der Waals surface area contributed by atoms with Crippen molar-refractivity contribution < 1.29 is 0 Å². The van der Waals surface area contributed by atoms with Crippen LogP contribution in [0.1, 0.15) is 39.7 Å². The Morgan fingerprint density at radius 3 is 2.48 bits per heavy atom. The summed E-state index contributed by atoms with van der Waals surface area (Å²) in [6.07, 6.45) is 7.11. The summed E-state index contributed by atoms with van der Waals surface area (Å²) in [6.45, 7) is 13.9. The third-order valence-electron chi connectivity index (χ3n) is 6.26. The van der Waals surface area contributed by atoms with Crippen molar-refractivity contribution in [2.45, 2.75) is 34.1 Å². The number of aromatic nitrogens is 1. The van der Waals surface area contributed by atoms with Gasteiger partial charge in [-0.15, -0.1) is 0 Å². The van der Waals surface area contributed by atoms with Gasteiger partial charge in [-0.3, -0.25) is 5.01 Å². The van der Waals surface area contributed by atoms with Crippen LogP contribution >= 0.6 is 0 Å². The summed E-state index contributed by atoms with van der Waals surface area (Å²) in [5, 5.41) is 13.7. The average Bonchev–Trinajstić information content (AvgIpc) is 2.90. The molecule has 2 heterocycles. The fraction of sp³-hybridized carbons (Fsp3) is 0.462. The quantitative estimate of drug-likeness (QED) is 0.535. The van der Waals surface area contributed by atoms with Crippen LogP contribution in [0.5, 0.6) is 0 Å². The van der Waals surface area contributed by atoms with E-state index in [-0.39, 0.29) is 0 Å². The number of amidine groups is 1. The van der Waals surface area contributed by atoms with E-state index in [1.165, 1.54) is 0 Å². The first kappa shape index (κ1) is 24.4. The lowest BCUT2D eigenvalue weighted by Crippen LogP contribution is -2.32. The molecule has 7 nitrogen and oxygen atoms in total. The molecule has 1 aromatic rings. The summed E-state index contributed by atoms with van der Waals surface area (Å²) in [5.74, 6) is 4.21. The van der Waals surface area contributed by atoms with Crippen LogP contribution in [0.2, 0.25) is 0 Å². The minimum atomic E-state index is 0.480. The number of rotatable bonds is 8. The summed E-state index contributed by atoms with van der Waals surface area (Å²) in [7, 11) is 6.00. The Bertz CT molecular complexity index is 1000. The molecule has 7 heteroatoms. The molecule has 0 amide bonds. The lowest BCUT2D eigenvalue weighted by Gasteiger charge is -2.29. The van der Waals surface area contributed by atoms with Gasteiger partial charge in [0, 0.05) is 62.3 Å². The van der Waals surface area contributed by atoms with Gasteiger partial charge in [-0.2, -0.15) is 5.10 Å². The zero-order valence-electron chi connectivity index (χ0n) is 21.1. The molecule has 0 spiro atoms. The van der Waals surface area contributed by atoms with Gasteiger partial charge in [0.15, 0.2) is 5.84 Å². The van der Waals surface area contributed by atoms with Gasteiger partial charge in [-0.1, -0.05) is 34.3 Å². The van der Waals surface area contributed by atoms with Crippen LogP contribution in [0.3, 0.4) is 0 Å². The van der Waals surface area contributed by atoms with Crippen LogP contribution in [0.4, 0.5) is 11.6 Å². The average molecular weight is 450 g/mol. The third-order valence-corrected chi connectivity index (χ3v) is 6.26. The highest BCUT2D eigenvalue weighted by Crippen LogP contribution is 2.29. The molecule has 0 aromatic carbocycles. The smallest absolute Gasteiger partial charge is 0.152 e. The van der Waals surface area contributed by atoms with Crippen molar-refractivity contribution in [2.24, 2.45) is 28.6 Å². The van der Waals surface area contributed by atoms with Gasteiger partial charge in [0.25, 0.3) is 0 Å². The van der Waals surface area contributed by atoms with E-state index >= 15 is 0 Å². The molecule has 2 bridgehead atoms. The molecule has 0 unspecified atom stereocenters. The predicted molar refractivity (Wildman–Crippen MR) is 140 cm³/mol. The molecule has 33 heavy (non-hydrogen) atoms. The molecule has 0 radical (unpaired) electrons. The highest BCUT2D eigenvalue weighted by atomic mass is 15.5. The lowest BCUT2D eigenvalue weighted by molar-refractivity contribution is 0.304. The molecular formula is C26H39N7. The van der Waals surface area contributed by atoms with Crippen LogP contribution < -0.4 is 16.4 Å². The second-order valence-electron chi connectivity index (χ2n) is 9.74. The number of fused-ring (bicyclic) bond motifs is 2. The van der Waals surface area contributed by atoms with Crippen molar-refractivity contribution in [3.05, 3.63) is 59.5 Å². The minimum Gasteiger partial charge on any atom is -0.399 e. The summed E-state index contributed by atoms with van der Waals surface area (Å²) >= 11 is 0. The second-order valence-corrected chi connectivity index (χ2v) is 9.74. The van der Waals surface area contributed by atoms with E-state index in [4.69, 9.17) is 15.8 Å². The van der Waals surface area contributed by atoms with Crippen molar-refractivity contribution in [1.29, 1.82) is 0 Å². The van der Waals surface area contributed by atoms with E-state index in [9.17, 15) is 0 Å². The van der Waals surface area contributed by atoms with Gasteiger partial charge in [0.2, 0.25) is 0 Å². The number of likely N-dealkylation sites (N-methyl/N-ethyl adjacent to an activating group) is 1. The van der Waals surface area contributed by atoms with Gasteiger partial charge in [0.1, 0.15) is 11.6 Å². The van der Waals surface area contributed by atoms with E-state index in [0.29, 0.717) is 29.3 Å². The first-order valence-electron chi connectivity index (χ1n) is 11.6. The molecule has 4 N–H and O–H groups in total. The van der Waals surface area contributed by atoms with Crippen LogP contribution in [-0.4, -0.2) is 48.4 Å². The molecular weight excluding hydrogens is 410 g/mol. The number of hydrogen-bond donors (Lipinski definition) is 3. The summed E-state index contributed by atoms with van der Waals surface area (Å²) in [5.41, 5.74) is 10.6. The molecule has 0 saturated heterocycles. The molecule has 0 atom stereocenters. The fourth-order valence-corrected chi connectivity index (χ4v) is 4.33. The highest BCUT2D eigenvalue weighted by Gasteiger charge is 2.23. The van der Waals surface area contributed by atoms with Gasteiger partial charge in [0.05, 0.1) is 0 Å². The Morgan fingerprint density at radius 2 is 1.88 bits per heavy atom. The summed E-state index contributed by atoms with van der Waals surface area (Å²) in [6, 6.07) is 3.94. The van der Waals surface area contributed by atoms with Crippen molar-refractivity contribution >= 4 is 23.2 Å². The second kappa shape index (κ2) is 10.1. The van der Waals surface area contributed by atoms with Gasteiger partial charge < -0.3 is 21.3 Å². The summed E-state index contributed by atoms with van der Waals surface area (Å²) < 4.78 is 0. The molecule has 2 aliphatic rings. The van der Waals surface area contributed by atoms with Crippen LogP contribution in [-0.2, 0) is 0 Å². The number of hydrogen-bond acceptors (Lipinski definition) is 7. The normalized spacial score (nSPS) is 15.6. The maximum absolute atomic E-state index is 6.09. The van der Waals surface area contributed by atoms with Crippen LogP contribution in [0, 0.1) is 17.8 Å². The van der Waals surface area contributed by atoms with Crippen molar-refractivity contribution in [1.82, 2.24) is 14.9 Å². The molecule has 1 aromatic heterocycles. The first-order valence-corrected chi connectivity index (χ1v) is 11.6. The van der Waals surface area contributed by atoms with Gasteiger partial charge in [-0.05, 0) is 48.1 Å². The first-order chi connectivity index (χ1) is 15.6. The summed E-state index contributed by atoms with van der Waals surface area (Å²) in [4.78, 5) is 6.90. The van der Waals surface area contributed by atoms with Gasteiger partial charge >= 0.3 is 0 Å². The molecule has 1 aliphatic heterocycles.